The predicted molar refractivity (Wildman–Crippen MR) is 132 cm³/mol. The molecular weight excluding hydrogens is 466 g/mol. The van der Waals surface area contributed by atoms with Crippen LogP contribution in [0, 0.1) is 11.3 Å². The first-order valence-corrected chi connectivity index (χ1v) is 13.2. The molecule has 0 fully saturated rings. The number of imidazole rings is 1. The van der Waals surface area contributed by atoms with Crippen LogP contribution in [0.15, 0.2) is 89.0 Å². The molecule has 1 atom stereocenters. The molecule has 34 heavy (non-hydrogen) atoms. The van der Waals surface area contributed by atoms with Gasteiger partial charge in [0, 0.05) is 37.2 Å². The fraction of sp³-hybridized carbons (Fsp3) is 0.200. The van der Waals surface area contributed by atoms with Gasteiger partial charge in [-0.3, -0.25) is 0 Å². The molecule has 0 unspecified atom stereocenters. The quantitative estimate of drug-likeness (QED) is 0.407. The van der Waals surface area contributed by atoms with E-state index >= 15 is 0 Å². The van der Waals surface area contributed by atoms with Crippen LogP contribution < -0.4 is 4.90 Å². The summed E-state index contributed by atoms with van der Waals surface area (Å²) < 4.78 is 31.6. The van der Waals surface area contributed by atoms with E-state index in [0.29, 0.717) is 29.4 Å². The number of aromatic nitrogens is 2. The highest BCUT2D eigenvalue weighted by molar-refractivity contribution is 7.91. The number of benzene rings is 2. The molecule has 0 amide bonds. The average molecular weight is 490 g/mol. The number of rotatable bonds is 6. The molecule has 0 radical (unpaired) electrons. The van der Waals surface area contributed by atoms with E-state index in [1.807, 2.05) is 47.2 Å². The number of fused-ring (bicyclic) bond motifs is 1. The van der Waals surface area contributed by atoms with Crippen molar-refractivity contribution in [1.82, 2.24) is 13.9 Å². The predicted octanol–water partition coefficient (Wildman–Crippen LogP) is 4.10. The minimum atomic E-state index is -3.74. The van der Waals surface area contributed by atoms with Gasteiger partial charge in [-0.2, -0.15) is 9.57 Å². The Labute approximate surface area is 203 Å². The van der Waals surface area contributed by atoms with Crippen molar-refractivity contribution in [2.75, 3.05) is 11.4 Å². The minimum Gasteiger partial charge on any atom is -0.352 e. The van der Waals surface area contributed by atoms with Crippen molar-refractivity contribution in [1.29, 1.82) is 5.26 Å². The summed E-state index contributed by atoms with van der Waals surface area (Å²) in [6, 6.07) is 20.8. The number of nitriles is 1. The van der Waals surface area contributed by atoms with Gasteiger partial charge in [-0.15, -0.1) is 11.3 Å². The van der Waals surface area contributed by atoms with E-state index in [0.717, 1.165) is 16.8 Å². The number of nitrogens with zero attached hydrogens (tertiary/aromatic N) is 5. The van der Waals surface area contributed by atoms with Crippen LogP contribution in [0.1, 0.15) is 16.7 Å². The number of sulfonamides is 1. The van der Waals surface area contributed by atoms with Crippen LogP contribution in [-0.4, -0.2) is 34.9 Å². The smallest absolute Gasteiger partial charge is 0.253 e. The van der Waals surface area contributed by atoms with Crippen LogP contribution in [-0.2, 0) is 29.7 Å². The third kappa shape index (κ3) is 4.48. The number of anilines is 1. The number of hydrogen-bond acceptors (Lipinski definition) is 6. The zero-order valence-electron chi connectivity index (χ0n) is 18.4. The first-order chi connectivity index (χ1) is 16.5. The summed E-state index contributed by atoms with van der Waals surface area (Å²) in [5.41, 5.74) is 3.32. The molecule has 1 aliphatic heterocycles. The second-order valence-electron chi connectivity index (χ2n) is 8.22. The molecule has 3 heterocycles. The van der Waals surface area contributed by atoms with Crippen molar-refractivity contribution in [3.05, 3.63) is 101 Å². The standard InChI is InChI=1S/C25H23N5O2S2/c26-15-21-8-9-24-22(13-21)16-30(34(31,32)25-7-4-12-33-25)23(14-20-5-2-1-3-6-20)17-29(24)19-28-11-10-27-18-28/h1-13,18,23H,14,16-17,19H2/t23-/m1/s1. The Hall–Kier alpha value is -3.45. The van der Waals surface area contributed by atoms with E-state index in [-0.39, 0.29) is 12.6 Å². The summed E-state index contributed by atoms with van der Waals surface area (Å²) in [6.07, 6.45) is 5.94. The second-order valence-corrected chi connectivity index (χ2v) is 11.3. The van der Waals surface area contributed by atoms with Crippen molar-refractivity contribution >= 4 is 27.0 Å². The molecule has 1 aliphatic rings. The molecule has 2 aromatic heterocycles. The molecule has 4 aromatic rings. The van der Waals surface area contributed by atoms with Crippen LogP contribution in [0.4, 0.5) is 5.69 Å². The van der Waals surface area contributed by atoms with E-state index < -0.39 is 10.0 Å². The highest BCUT2D eigenvalue weighted by atomic mass is 32.2. The molecule has 0 bridgehead atoms. The largest absolute Gasteiger partial charge is 0.352 e. The molecule has 0 saturated carbocycles. The molecule has 0 aliphatic carbocycles. The van der Waals surface area contributed by atoms with Gasteiger partial charge in [0.1, 0.15) is 4.21 Å². The van der Waals surface area contributed by atoms with Gasteiger partial charge < -0.3 is 9.47 Å². The van der Waals surface area contributed by atoms with E-state index in [9.17, 15) is 13.7 Å². The SMILES string of the molecule is N#Cc1ccc2c(c1)CN(S(=O)(=O)c1cccs1)[C@H](Cc1ccccc1)CN2Cn1ccnc1. The van der Waals surface area contributed by atoms with Crippen LogP contribution in [0.3, 0.4) is 0 Å². The zero-order chi connectivity index (χ0) is 23.5. The van der Waals surface area contributed by atoms with Crippen molar-refractivity contribution in [3.8, 4) is 6.07 Å². The Morgan fingerprint density at radius 2 is 1.97 bits per heavy atom. The lowest BCUT2D eigenvalue weighted by Gasteiger charge is -2.32. The van der Waals surface area contributed by atoms with Crippen LogP contribution in [0.5, 0.6) is 0 Å². The summed E-state index contributed by atoms with van der Waals surface area (Å²) in [5, 5.41) is 11.3. The third-order valence-corrected chi connectivity index (χ3v) is 9.25. The molecular formula is C25H23N5O2S2. The lowest BCUT2D eigenvalue weighted by Crippen LogP contribution is -2.45. The fourth-order valence-corrected chi connectivity index (χ4v) is 7.11. The number of hydrogen-bond donors (Lipinski definition) is 0. The maximum Gasteiger partial charge on any atom is 0.253 e. The molecule has 0 saturated heterocycles. The molecule has 2 aromatic carbocycles. The zero-order valence-corrected chi connectivity index (χ0v) is 20.0. The molecule has 0 spiro atoms. The minimum absolute atomic E-state index is 0.197. The average Bonchev–Trinajstić information content (AvgIpc) is 3.55. The Balaban J connectivity index is 1.62. The lowest BCUT2D eigenvalue weighted by molar-refractivity contribution is 0.316. The van der Waals surface area contributed by atoms with E-state index in [4.69, 9.17) is 0 Å². The summed E-state index contributed by atoms with van der Waals surface area (Å²) in [5.74, 6) is 0. The van der Waals surface area contributed by atoms with E-state index in [1.165, 1.54) is 11.3 Å². The lowest BCUT2D eigenvalue weighted by atomic mass is 10.1. The monoisotopic (exact) mass is 489 g/mol. The van der Waals surface area contributed by atoms with Gasteiger partial charge in [0.2, 0.25) is 0 Å². The fourth-order valence-electron chi connectivity index (χ4n) is 4.39. The Morgan fingerprint density at radius 3 is 2.68 bits per heavy atom. The molecule has 7 nitrogen and oxygen atoms in total. The van der Waals surface area contributed by atoms with Crippen molar-refractivity contribution in [3.63, 3.8) is 0 Å². The molecule has 9 heteroatoms. The Kier molecular flexibility index (Phi) is 6.20. The van der Waals surface area contributed by atoms with Crippen molar-refractivity contribution in [2.45, 2.75) is 29.9 Å². The summed E-state index contributed by atoms with van der Waals surface area (Å²) in [7, 11) is -3.74. The van der Waals surface area contributed by atoms with Gasteiger partial charge in [-0.1, -0.05) is 36.4 Å². The highest BCUT2D eigenvalue weighted by Crippen LogP contribution is 2.34. The van der Waals surface area contributed by atoms with Gasteiger partial charge in [0.05, 0.1) is 24.6 Å². The molecule has 5 rings (SSSR count). The van der Waals surface area contributed by atoms with Crippen LogP contribution in [0.25, 0.3) is 0 Å². The Bertz CT molecular complexity index is 1400. The third-order valence-electron chi connectivity index (χ3n) is 5.98. The van der Waals surface area contributed by atoms with Gasteiger partial charge in [0.25, 0.3) is 10.0 Å². The number of thiophene rings is 1. The van der Waals surface area contributed by atoms with Crippen molar-refractivity contribution < 1.29 is 8.42 Å². The van der Waals surface area contributed by atoms with E-state index in [1.54, 1.807) is 46.5 Å². The molecule has 0 N–H and O–H groups in total. The van der Waals surface area contributed by atoms with Gasteiger partial charge in [0.15, 0.2) is 0 Å². The topological polar surface area (TPSA) is 82.2 Å². The maximum atomic E-state index is 13.8. The van der Waals surface area contributed by atoms with E-state index in [2.05, 4.69) is 16.0 Å². The Morgan fingerprint density at radius 1 is 1.12 bits per heavy atom. The molecule has 172 valence electrons. The highest BCUT2D eigenvalue weighted by Gasteiger charge is 2.37. The maximum absolute atomic E-state index is 13.8. The normalized spacial score (nSPS) is 16.6. The van der Waals surface area contributed by atoms with Gasteiger partial charge in [-0.25, -0.2) is 13.4 Å². The van der Waals surface area contributed by atoms with Crippen molar-refractivity contribution in [2.24, 2.45) is 0 Å². The van der Waals surface area contributed by atoms with Gasteiger partial charge in [-0.05, 0) is 47.2 Å². The van der Waals surface area contributed by atoms with Gasteiger partial charge >= 0.3 is 0 Å². The van der Waals surface area contributed by atoms with Crippen LogP contribution in [0.2, 0.25) is 0 Å². The summed E-state index contributed by atoms with van der Waals surface area (Å²) >= 11 is 1.22. The summed E-state index contributed by atoms with van der Waals surface area (Å²) in [4.78, 5) is 6.33. The second kappa shape index (κ2) is 9.43. The first-order valence-electron chi connectivity index (χ1n) is 10.9. The first kappa shape index (κ1) is 22.3. The summed E-state index contributed by atoms with van der Waals surface area (Å²) in [6.45, 7) is 1.22. The van der Waals surface area contributed by atoms with Crippen LogP contribution >= 0.6 is 11.3 Å².